The van der Waals surface area contributed by atoms with Gasteiger partial charge < -0.3 is 9.80 Å². The summed E-state index contributed by atoms with van der Waals surface area (Å²) in [5.41, 5.74) is 0. The fourth-order valence-corrected chi connectivity index (χ4v) is 1.35. The molecule has 1 aliphatic heterocycles. The van der Waals surface area contributed by atoms with Gasteiger partial charge in [0.15, 0.2) is 0 Å². The molecule has 2 amide bonds. The summed E-state index contributed by atoms with van der Waals surface area (Å²) in [7, 11) is 3.45. The van der Waals surface area contributed by atoms with Crippen molar-refractivity contribution in [1.82, 2.24) is 9.80 Å². The first-order chi connectivity index (χ1) is 5.16. The fourth-order valence-electron chi connectivity index (χ4n) is 1.35. The molecule has 1 rings (SSSR count). The van der Waals surface area contributed by atoms with E-state index in [1.54, 1.807) is 23.9 Å². The van der Waals surface area contributed by atoms with Gasteiger partial charge in [-0.05, 0) is 6.42 Å². The van der Waals surface area contributed by atoms with Crippen molar-refractivity contribution in [3.8, 4) is 0 Å². The number of hydrogen-bond acceptors (Lipinski definition) is 1. The minimum Gasteiger partial charge on any atom is -0.326 e. The van der Waals surface area contributed by atoms with Crippen molar-refractivity contribution in [2.45, 2.75) is 12.5 Å². The molecule has 0 radical (unpaired) electrons. The number of halogens is 1. The maximum Gasteiger partial charge on any atom is 0.319 e. The smallest absolute Gasteiger partial charge is 0.319 e. The van der Waals surface area contributed by atoms with E-state index in [9.17, 15) is 9.18 Å². The third-order valence-corrected chi connectivity index (χ3v) is 2.10. The number of hydrogen-bond donors (Lipinski definition) is 0. The lowest BCUT2D eigenvalue weighted by molar-refractivity contribution is 0.199. The van der Waals surface area contributed by atoms with E-state index in [2.05, 4.69) is 0 Å². The SMILES string of the molecule is CN1CC(CCF)N(C)C1=O. The highest BCUT2D eigenvalue weighted by atomic mass is 19.1. The van der Waals surface area contributed by atoms with E-state index in [0.29, 0.717) is 13.0 Å². The van der Waals surface area contributed by atoms with Crippen LogP contribution in [0, 0.1) is 0 Å². The Bertz CT molecular complexity index is 163. The lowest BCUT2D eigenvalue weighted by atomic mass is 10.2. The minimum absolute atomic E-state index is 0.0107. The third-order valence-electron chi connectivity index (χ3n) is 2.10. The molecule has 1 unspecified atom stereocenters. The Morgan fingerprint density at radius 1 is 1.64 bits per heavy atom. The summed E-state index contributed by atoms with van der Waals surface area (Å²) < 4.78 is 11.9. The van der Waals surface area contributed by atoms with Crippen LogP contribution >= 0.6 is 0 Å². The van der Waals surface area contributed by atoms with Gasteiger partial charge in [-0.15, -0.1) is 0 Å². The normalized spacial score (nSPS) is 25.0. The monoisotopic (exact) mass is 160 g/mol. The molecule has 0 bridgehead atoms. The zero-order chi connectivity index (χ0) is 8.43. The molecular formula is C7H13FN2O. The maximum absolute atomic E-state index is 11.9. The molecule has 0 aromatic carbocycles. The topological polar surface area (TPSA) is 23.6 Å². The Labute approximate surface area is 65.8 Å². The number of urea groups is 1. The van der Waals surface area contributed by atoms with E-state index >= 15 is 0 Å². The molecule has 0 aromatic heterocycles. The predicted octanol–water partition coefficient (Wildman–Crippen LogP) is 0.712. The predicted molar refractivity (Wildman–Crippen MR) is 40.2 cm³/mol. The van der Waals surface area contributed by atoms with Crippen LogP contribution in [0.2, 0.25) is 0 Å². The number of alkyl halides is 1. The molecule has 4 heteroatoms. The molecule has 1 atom stereocenters. The van der Waals surface area contributed by atoms with E-state index in [4.69, 9.17) is 0 Å². The van der Waals surface area contributed by atoms with Crippen LogP contribution in [-0.2, 0) is 0 Å². The van der Waals surface area contributed by atoms with Crippen LogP contribution < -0.4 is 0 Å². The van der Waals surface area contributed by atoms with Gasteiger partial charge in [-0.1, -0.05) is 0 Å². The number of carbonyl (C=O) groups is 1. The van der Waals surface area contributed by atoms with Crippen molar-refractivity contribution in [2.24, 2.45) is 0 Å². The Kier molecular flexibility index (Phi) is 2.31. The van der Waals surface area contributed by atoms with Crippen molar-refractivity contribution in [1.29, 1.82) is 0 Å². The van der Waals surface area contributed by atoms with Gasteiger partial charge in [0.25, 0.3) is 0 Å². The highest BCUT2D eigenvalue weighted by molar-refractivity contribution is 5.76. The first-order valence-corrected chi connectivity index (χ1v) is 3.70. The summed E-state index contributed by atoms with van der Waals surface area (Å²) in [6.07, 6.45) is 0.451. The lowest BCUT2D eigenvalue weighted by Crippen LogP contribution is -2.30. The Hall–Kier alpha value is -0.800. The third kappa shape index (κ3) is 1.44. The zero-order valence-corrected chi connectivity index (χ0v) is 6.88. The van der Waals surface area contributed by atoms with Crippen molar-refractivity contribution in [3.05, 3.63) is 0 Å². The second-order valence-corrected chi connectivity index (χ2v) is 2.91. The van der Waals surface area contributed by atoms with Crippen molar-refractivity contribution in [3.63, 3.8) is 0 Å². The molecule has 1 heterocycles. The largest absolute Gasteiger partial charge is 0.326 e. The van der Waals surface area contributed by atoms with Crippen LogP contribution in [0.15, 0.2) is 0 Å². The van der Waals surface area contributed by atoms with E-state index < -0.39 is 0 Å². The van der Waals surface area contributed by atoms with Crippen molar-refractivity contribution >= 4 is 6.03 Å². The van der Waals surface area contributed by atoms with Crippen LogP contribution in [0.25, 0.3) is 0 Å². The first-order valence-electron chi connectivity index (χ1n) is 3.70. The summed E-state index contributed by atoms with van der Waals surface area (Å²) >= 11 is 0. The first kappa shape index (κ1) is 8.30. The van der Waals surface area contributed by atoms with Crippen molar-refractivity contribution < 1.29 is 9.18 Å². The summed E-state index contributed by atoms with van der Waals surface area (Å²) in [6, 6.07) is 0.0564. The summed E-state index contributed by atoms with van der Waals surface area (Å²) in [5.74, 6) is 0. The molecule has 0 spiro atoms. The van der Waals surface area contributed by atoms with Gasteiger partial charge in [-0.3, -0.25) is 4.39 Å². The zero-order valence-electron chi connectivity index (χ0n) is 6.88. The number of rotatable bonds is 2. The highest BCUT2D eigenvalue weighted by Gasteiger charge is 2.31. The van der Waals surface area contributed by atoms with Gasteiger partial charge in [-0.25, -0.2) is 4.79 Å². The number of carbonyl (C=O) groups excluding carboxylic acids is 1. The second kappa shape index (κ2) is 3.07. The second-order valence-electron chi connectivity index (χ2n) is 2.91. The van der Waals surface area contributed by atoms with Gasteiger partial charge in [0.1, 0.15) is 0 Å². The number of nitrogens with zero attached hydrogens (tertiary/aromatic N) is 2. The summed E-state index contributed by atoms with van der Waals surface area (Å²) in [6.45, 7) is 0.301. The fraction of sp³-hybridized carbons (Fsp3) is 0.857. The van der Waals surface area contributed by atoms with Crippen LogP contribution in [-0.4, -0.2) is 49.2 Å². The molecule has 1 saturated heterocycles. The van der Waals surface area contributed by atoms with Gasteiger partial charge in [0.05, 0.1) is 12.7 Å². The minimum atomic E-state index is -0.351. The van der Waals surface area contributed by atoms with E-state index in [1.807, 2.05) is 0 Å². The molecule has 64 valence electrons. The van der Waals surface area contributed by atoms with Crippen LogP contribution in [0.3, 0.4) is 0 Å². The van der Waals surface area contributed by atoms with E-state index in [1.165, 1.54) is 0 Å². The molecular weight excluding hydrogens is 147 g/mol. The summed E-state index contributed by atoms with van der Waals surface area (Å²) in [4.78, 5) is 14.3. The van der Waals surface area contributed by atoms with Crippen molar-refractivity contribution in [2.75, 3.05) is 27.3 Å². The van der Waals surface area contributed by atoms with Gasteiger partial charge in [0.2, 0.25) is 0 Å². The molecule has 0 N–H and O–H groups in total. The molecule has 0 saturated carbocycles. The van der Waals surface area contributed by atoms with Gasteiger partial charge in [-0.2, -0.15) is 0 Å². The van der Waals surface area contributed by atoms with E-state index in [0.717, 1.165) is 0 Å². The van der Waals surface area contributed by atoms with Crippen LogP contribution in [0.1, 0.15) is 6.42 Å². The van der Waals surface area contributed by atoms with Gasteiger partial charge >= 0.3 is 6.03 Å². The Morgan fingerprint density at radius 3 is 2.64 bits per heavy atom. The highest BCUT2D eigenvalue weighted by Crippen LogP contribution is 2.14. The maximum atomic E-state index is 11.9. The molecule has 0 aromatic rings. The standard InChI is InChI=1S/C7H13FN2O/c1-9-5-6(3-4-8)10(2)7(9)11/h6H,3-5H2,1-2H3. The summed E-state index contributed by atoms with van der Waals surface area (Å²) in [5, 5.41) is 0. The van der Waals surface area contributed by atoms with Crippen LogP contribution in [0.4, 0.5) is 9.18 Å². The van der Waals surface area contributed by atoms with E-state index in [-0.39, 0.29) is 18.7 Å². The molecule has 1 aliphatic rings. The Morgan fingerprint density at radius 2 is 2.27 bits per heavy atom. The average molecular weight is 160 g/mol. The number of amides is 2. The lowest BCUT2D eigenvalue weighted by Gasteiger charge is -2.15. The average Bonchev–Trinajstić information content (AvgIpc) is 2.19. The molecule has 1 fully saturated rings. The van der Waals surface area contributed by atoms with Gasteiger partial charge in [0, 0.05) is 20.6 Å². The quantitative estimate of drug-likeness (QED) is 0.583. The van der Waals surface area contributed by atoms with Crippen LogP contribution in [0.5, 0.6) is 0 Å². The molecule has 11 heavy (non-hydrogen) atoms. The number of likely N-dealkylation sites (N-methyl/N-ethyl adjacent to an activating group) is 2. The molecule has 3 nitrogen and oxygen atoms in total. The Balaban J connectivity index is 2.52. The molecule has 0 aliphatic carbocycles.